The maximum atomic E-state index is 13.5. The molecule has 0 saturated carbocycles. The number of halogens is 2. The molecule has 1 rings (SSSR count). The van der Waals surface area contributed by atoms with Crippen molar-refractivity contribution in [2.75, 3.05) is 24.7 Å². The third-order valence-corrected chi connectivity index (χ3v) is 3.88. The summed E-state index contributed by atoms with van der Waals surface area (Å²) in [6.45, 7) is 4.91. The van der Waals surface area contributed by atoms with Crippen molar-refractivity contribution >= 4 is 16.5 Å². The van der Waals surface area contributed by atoms with E-state index in [0.29, 0.717) is 12.5 Å². The fourth-order valence-electron chi connectivity index (χ4n) is 1.45. The molecule has 6 heteroatoms. The topological polar surface area (TPSA) is 52.3 Å². The molecule has 0 amide bonds. The molecule has 0 bridgehead atoms. The molecule has 0 saturated heterocycles. The maximum Gasteiger partial charge on any atom is 0.144 e. The summed E-state index contributed by atoms with van der Waals surface area (Å²) in [6, 6.07) is 1.94. The lowest BCUT2D eigenvalue weighted by molar-refractivity contribution is 0.138. The van der Waals surface area contributed by atoms with Crippen LogP contribution in [-0.4, -0.2) is 23.2 Å². The molecule has 0 radical (unpaired) electrons. The molecule has 19 heavy (non-hydrogen) atoms. The van der Waals surface area contributed by atoms with Gasteiger partial charge in [-0.3, -0.25) is 4.21 Å². The maximum absolute atomic E-state index is 13.5. The summed E-state index contributed by atoms with van der Waals surface area (Å²) in [5.74, 6) is -1.16. The highest BCUT2D eigenvalue weighted by Gasteiger charge is 2.16. The zero-order valence-corrected chi connectivity index (χ0v) is 11.9. The van der Waals surface area contributed by atoms with Gasteiger partial charge < -0.3 is 10.5 Å². The summed E-state index contributed by atoms with van der Waals surface area (Å²) in [7, 11) is -1.76. The number of ether oxygens (including phenoxy) is 1. The van der Waals surface area contributed by atoms with Crippen LogP contribution in [0, 0.1) is 17.6 Å². The highest BCUT2D eigenvalue weighted by atomic mass is 32.2. The summed E-state index contributed by atoms with van der Waals surface area (Å²) in [5.41, 5.74) is 5.27. The second-order valence-electron chi connectivity index (χ2n) is 4.66. The van der Waals surface area contributed by atoms with Crippen LogP contribution in [0.2, 0.25) is 0 Å². The van der Waals surface area contributed by atoms with Gasteiger partial charge in [-0.1, -0.05) is 13.8 Å². The number of rotatable bonds is 7. The van der Waals surface area contributed by atoms with Crippen molar-refractivity contribution in [3.63, 3.8) is 0 Å². The Morgan fingerprint density at radius 3 is 2.37 bits per heavy atom. The van der Waals surface area contributed by atoms with Crippen molar-refractivity contribution in [3.8, 4) is 0 Å². The summed E-state index contributed by atoms with van der Waals surface area (Å²) < 4.78 is 44.1. The fraction of sp³-hybridized carbons (Fsp3) is 0.538. The lowest BCUT2D eigenvalue weighted by Gasteiger charge is -2.08. The predicted molar refractivity (Wildman–Crippen MR) is 72.3 cm³/mol. The van der Waals surface area contributed by atoms with Crippen LogP contribution < -0.4 is 5.73 Å². The van der Waals surface area contributed by atoms with Gasteiger partial charge in [0.25, 0.3) is 0 Å². The van der Waals surface area contributed by atoms with Gasteiger partial charge in [0.2, 0.25) is 0 Å². The number of benzene rings is 1. The Balaban J connectivity index is 2.50. The smallest absolute Gasteiger partial charge is 0.144 e. The Hall–Kier alpha value is -1.01. The molecule has 0 aliphatic heterocycles. The van der Waals surface area contributed by atoms with Crippen molar-refractivity contribution in [2.45, 2.75) is 25.2 Å². The molecule has 108 valence electrons. The largest absolute Gasteiger partial charge is 0.399 e. The second-order valence-corrected chi connectivity index (χ2v) is 6.17. The number of hydrogen-bond donors (Lipinski definition) is 1. The van der Waals surface area contributed by atoms with E-state index >= 15 is 0 Å². The summed E-state index contributed by atoms with van der Waals surface area (Å²) >= 11 is 0. The van der Waals surface area contributed by atoms with Crippen LogP contribution in [0.4, 0.5) is 14.5 Å². The van der Waals surface area contributed by atoms with E-state index in [-0.39, 0.29) is 18.0 Å². The Morgan fingerprint density at radius 1 is 1.26 bits per heavy atom. The van der Waals surface area contributed by atoms with E-state index in [1.165, 1.54) is 0 Å². The number of hydrogen-bond acceptors (Lipinski definition) is 3. The number of nitrogens with two attached hydrogens (primary N) is 1. The zero-order valence-electron chi connectivity index (χ0n) is 11.1. The minimum atomic E-state index is -1.76. The fourth-order valence-corrected chi connectivity index (χ4v) is 2.48. The first-order chi connectivity index (χ1) is 8.91. The third-order valence-electron chi connectivity index (χ3n) is 2.50. The van der Waals surface area contributed by atoms with Crippen LogP contribution >= 0.6 is 0 Å². The first-order valence-corrected chi connectivity index (χ1v) is 7.44. The van der Waals surface area contributed by atoms with E-state index in [1.807, 2.05) is 0 Å². The van der Waals surface area contributed by atoms with Crippen molar-refractivity contribution < 1.29 is 17.7 Å². The average molecular weight is 291 g/mol. The van der Waals surface area contributed by atoms with Crippen molar-refractivity contribution in [3.05, 3.63) is 23.8 Å². The molecule has 2 N–H and O–H groups in total. The molecule has 1 aromatic rings. The monoisotopic (exact) mass is 291 g/mol. The third kappa shape index (κ3) is 5.24. The number of nitrogen functional groups attached to an aromatic ring is 1. The lowest BCUT2D eigenvalue weighted by Crippen LogP contribution is -2.11. The van der Waals surface area contributed by atoms with Crippen LogP contribution in [0.5, 0.6) is 0 Å². The number of anilines is 1. The summed E-state index contributed by atoms with van der Waals surface area (Å²) in [4.78, 5) is -0.429. The highest BCUT2D eigenvalue weighted by Crippen LogP contribution is 2.20. The van der Waals surface area contributed by atoms with Gasteiger partial charge in [0.1, 0.15) is 16.5 Å². The normalized spacial score (nSPS) is 12.9. The van der Waals surface area contributed by atoms with Gasteiger partial charge in [-0.15, -0.1) is 0 Å². The Bertz CT molecular complexity index is 429. The van der Waals surface area contributed by atoms with Crippen LogP contribution in [-0.2, 0) is 15.5 Å². The molecule has 0 heterocycles. The molecule has 0 aromatic heterocycles. The van der Waals surface area contributed by atoms with E-state index in [1.54, 1.807) is 0 Å². The van der Waals surface area contributed by atoms with Crippen molar-refractivity contribution in [1.82, 2.24) is 0 Å². The van der Waals surface area contributed by atoms with E-state index in [0.717, 1.165) is 18.6 Å². The van der Waals surface area contributed by atoms with Gasteiger partial charge >= 0.3 is 0 Å². The van der Waals surface area contributed by atoms with E-state index in [2.05, 4.69) is 13.8 Å². The van der Waals surface area contributed by atoms with Gasteiger partial charge in [-0.2, -0.15) is 0 Å². The van der Waals surface area contributed by atoms with Crippen molar-refractivity contribution in [2.24, 2.45) is 5.92 Å². The van der Waals surface area contributed by atoms with Gasteiger partial charge in [0, 0.05) is 12.3 Å². The van der Waals surface area contributed by atoms with Crippen LogP contribution in [0.25, 0.3) is 0 Å². The summed E-state index contributed by atoms with van der Waals surface area (Å²) in [5, 5.41) is 0. The van der Waals surface area contributed by atoms with Gasteiger partial charge in [0.05, 0.1) is 23.2 Å². The Morgan fingerprint density at radius 2 is 1.84 bits per heavy atom. The SMILES string of the molecule is CC(C)CCOCCS(=O)c1c(F)cc(N)cc1F. The second kappa shape index (κ2) is 7.55. The quantitative estimate of drug-likeness (QED) is 0.621. The minimum Gasteiger partial charge on any atom is -0.399 e. The molecule has 0 aliphatic carbocycles. The molecule has 0 spiro atoms. The first-order valence-electron chi connectivity index (χ1n) is 6.12. The zero-order chi connectivity index (χ0) is 14.4. The molecular formula is C13H19F2NO2S. The standard InChI is InChI=1S/C13H19F2NO2S/c1-9(2)3-4-18-5-6-19(17)13-11(14)7-10(16)8-12(13)15/h7-9H,3-6,16H2,1-2H3. The van der Waals surface area contributed by atoms with Crippen molar-refractivity contribution in [1.29, 1.82) is 0 Å². The van der Waals surface area contributed by atoms with E-state index < -0.39 is 27.3 Å². The molecule has 0 aliphatic rings. The van der Waals surface area contributed by atoms with Gasteiger partial charge in [0.15, 0.2) is 0 Å². The first kappa shape index (κ1) is 16.0. The molecule has 0 fully saturated rings. The minimum absolute atomic E-state index is 0.0241. The van der Waals surface area contributed by atoms with E-state index in [4.69, 9.17) is 10.5 Å². The lowest BCUT2D eigenvalue weighted by atomic mass is 10.1. The Kier molecular flexibility index (Phi) is 6.37. The molecule has 1 unspecified atom stereocenters. The van der Waals surface area contributed by atoms with Crippen LogP contribution in [0.1, 0.15) is 20.3 Å². The summed E-state index contributed by atoms with van der Waals surface area (Å²) in [6.07, 6.45) is 0.900. The van der Waals surface area contributed by atoms with Gasteiger partial charge in [-0.25, -0.2) is 8.78 Å². The average Bonchev–Trinajstić information content (AvgIpc) is 2.26. The molecule has 3 nitrogen and oxygen atoms in total. The van der Waals surface area contributed by atoms with E-state index in [9.17, 15) is 13.0 Å². The molecule has 1 atom stereocenters. The molecular weight excluding hydrogens is 272 g/mol. The predicted octanol–water partition coefficient (Wildman–Crippen LogP) is 2.72. The van der Waals surface area contributed by atoms with Crippen LogP contribution in [0.3, 0.4) is 0 Å². The van der Waals surface area contributed by atoms with Crippen LogP contribution in [0.15, 0.2) is 17.0 Å². The highest BCUT2D eigenvalue weighted by molar-refractivity contribution is 7.85. The Labute approximate surface area is 114 Å². The molecule has 1 aromatic carbocycles. The van der Waals surface area contributed by atoms with Gasteiger partial charge in [-0.05, 0) is 24.5 Å².